The minimum Gasteiger partial charge on any atom is -0.465 e. The molecular weight excluding hydrogens is 186 g/mol. The highest BCUT2D eigenvalue weighted by molar-refractivity contribution is 7.99. The van der Waals surface area contributed by atoms with Crippen LogP contribution in [-0.2, 0) is 11.2 Å². The van der Waals surface area contributed by atoms with Crippen LogP contribution >= 0.6 is 11.8 Å². The summed E-state index contributed by atoms with van der Waals surface area (Å²) in [4.78, 5) is 15.5. The maximum absolute atomic E-state index is 11.3. The molecule has 0 spiro atoms. The van der Waals surface area contributed by atoms with Crippen LogP contribution < -0.4 is 0 Å². The van der Waals surface area contributed by atoms with Crippen molar-refractivity contribution in [3.8, 4) is 0 Å². The maximum Gasteiger partial charge on any atom is 0.338 e. The van der Waals surface area contributed by atoms with Gasteiger partial charge >= 0.3 is 5.97 Å². The summed E-state index contributed by atoms with van der Waals surface area (Å²) in [5.41, 5.74) is 1.71. The Bertz CT molecular complexity index is 351. The Morgan fingerprint density at radius 3 is 3.31 bits per heavy atom. The molecule has 0 N–H and O–H groups in total. The van der Waals surface area contributed by atoms with E-state index in [1.54, 1.807) is 24.0 Å². The zero-order valence-electron chi connectivity index (χ0n) is 7.24. The van der Waals surface area contributed by atoms with Gasteiger partial charge in [0, 0.05) is 11.9 Å². The van der Waals surface area contributed by atoms with Crippen LogP contribution in [0.1, 0.15) is 15.9 Å². The van der Waals surface area contributed by atoms with Gasteiger partial charge in [-0.25, -0.2) is 9.78 Å². The Hall–Kier alpha value is -1.03. The first kappa shape index (κ1) is 8.56. The van der Waals surface area contributed by atoms with Crippen LogP contribution in [0.5, 0.6) is 0 Å². The molecule has 0 bridgehead atoms. The van der Waals surface area contributed by atoms with E-state index in [4.69, 9.17) is 0 Å². The molecule has 0 saturated heterocycles. The molecule has 0 aromatic carbocycles. The Labute approximate surface area is 80.5 Å². The van der Waals surface area contributed by atoms with Crippen molar-refractivity contribution < 1.29 is 9.53 Å². The number of hydrogen-bond donors (Lipinski definition) is 0. The molecule has 0 saturated carbocycles. The second kappa shape index (κ2) is 3.38. The monoisotopic (exact) mass is 195 g/mol. The Balaban J connectivity index is 2.47. The van der Waals surface area contributed by atoms with E-state index in [9.17, 15) is 4.79 Å². The van der Waals surface area contributed by atoms with E-state index >= 15 is 0 Å². The number of esters is 1. The van der Waals surface area contributed by atoms with Gasteiger partial charge in [0.15, 0.2) is 0 Å². The van der Waals surface area contributed by atoms with Crippen LogP contribution in [0.25, 0.3) is 0 Å². The zero-order chi connectivity index (χ0) is 9.26. The molecule has 3 nitrogen and oxygen atoms in total. The van der Waals surface area contributed by atoms with Crippen LogP contribution in [0.2, 0.25) is 0 Å². The van der Waals surface area contributed by atoms with E-state index in [2.05, 4.69) is 9.72 Å². The molecule has 1 aliphatic heterocycles. The summed E-state index contributed by atoms with van der Waals surface area (Å²) < 4.78 is 4.69. The van der Waals surface area contributed by atoms with Gasteiger partial charge in [-0.15, -0.1) is 11.8 Å². The minimum absolute atomic E-state index is 0.263. The van der Waals surface area contributed by atoms with Crippen molar-refractivity contribution >= 4 is 17.7 Å². The lowest BCUT2D eigenvalue weighted by Crippen LogP contribution is -2.05. The van der Waals surface area contributed by atoms with Gasteiger partial charge < -0.3 is 4.74 Å². The van der Waals surface area contributed by atoms with Gasteiger partial charge in [0.05, 0.1) is 12.7 Å². The maximum atomic E-state index is 11.3. The molecule has 0 fully saturated rings. The Morgan fingerprint density at radius 2 is 2.54 bits per heavy atom. The summed E-state index contributed by atoms with van der Waals surface area (Å²) in [5.74, 6) is 0.747. The predicted molar refractivity (Wildman–Crippen MR) is 50.0 cm³/mol. The molecule has 0 amide bonds. The predicted octanol–water partition coefficient (Wildman–Crippen LogP) is 1.52. The first-order valence-electron chi connectivity index (χ1n) is 4.02. The van der Waals surface area contributed by atoms with Crippen LogP contribution in [0.15, 0.2) is 17.3 Å². The second-order valence-corrected chi connectivity index (χ2v) is 3.82. The van der Waals surface area contributed by atoms with Crippen molar-refractivity contribution in [3.63, 3.8) is 0 Å². The van der Waals surface area contributed by atoms with Gasteiger partial charge in [0.2, 0.25) is 0 Å². The molecule has 1 aliphatic rings. The van der Waals surface area contributed by atoms with E-state index in [0.29, 0.717) is 5.56 Å². The number of carbonyl (C=O) groups is 1. The highest BCUT2D eigenvalue weighted by Gasteiger charge is 2.20. The summed E-state index contributed by atoms with van der Waals surface area (Å²) in [6, 6.07) is 1.72. The average molecular weight is 195 g/mol. The summed E-state index contributed by atoms with van der Waals surface area (Å²) in [6.45, 7) is 0. The fourth-order valence-corrected chi connectivity index (χ4v) is 2.41. The number of thioether (sulfide) groups is 1. The van der Waals surface area contributed by atoms with Crippen molar-refractivity contribution in [1.29, 1.82) is 0 Å². The molecule has 2 heterocycles. The Kier molecular flexibility index (Phi) is 2.22. The number of fused-ring (bicyclic) bond motifs is 1. The molecule has 4 heteroatoms. The molecule has 0 aliphatic carbocycles. The van der Waals surface area contributed by atoms with Crippen molar-refractivity contribution in [2.24, 2.45) is 0 Å². The third kappa shape index (κ3) is 1.42. The summed E-state index contributed by atoms with van der Waals surface area (Å²) in [6.07, 6.45) is 2.57. The smallest absolute Gasteiger partial charge is 0.338 e. The van der Waals surface area contributed by atoms with Crippen molar-refractivity contribution in [1.82, 2.24) is 4.98 Å². The van der Waals surface area contributed by atoms with Gasteiger partial charge in [0.1, 0.15) is 5.03 Å². The van der Waals surface area contributed by atoms with Crippen molar-refractivity contribution in [2.75, 3.05) is 12.9 Å². The lowest BCUT2D eigenvalue weighted by atomic mass is 10.1. The molecule has 0 atom stereocenters. The number of carbonyl (C=O) groups excluding carboxylic acids is 1. The van der Waals surface area contributed by atoms with Crippen molar-refractivity contribution in [3.05, 3.63) is 23.4 Å². The molecule has 1 aromatic heterocycles. The summed E-state index contributed by atoms with van der Waals surface area (Å²) in [7, 11) is 1.40. The van der Waals surface area contributed by atoms with Gasteiger partial charge in [-0.3, -0.25) is 0 Å². The third-order valence-corrected chi connectivity index (χ3v) is 3.05. The first-order chi connectivity index (χ1) is 6.33. The van der Waals surface area contributed by atoms with E-state index in [1.807, 2.05) is 0 Å². The lowest BCUT2D eigenvalue weighted by Gasteiger charge is -2.03. The zero-order valence-corrected chi connectivity index (χ0v) is 8.06. The minimum atomic E-state index is -0.263. The summed E-state index contributed by atoms with van der Waals surface area (Å²) >= 11 is 1.69. The van der Waals surface area contributed by atoms with E-state index in [-0.39, 0.29) is 5.97 Å². The average Bonchev–Trinajstić information content (AvgIpc) is 2.63. The molecule has 1 aromatic rings. The quantitative estimate of drug-likeness (QED) is 0.637. The molecule has 68 valence electrons. The number of aromatic nitrogens is 1. The van der Waals surface area contributed by atoms with Crippen LogP contribution in [-0.4, -0.2) is 23.8 Å². The Morgan fingerprint density at radius 1 is 1.69 bits per heavy atom. The number of hydrogen-bond acceptors (Lipinski definition) is 4. The number of methoxy groups -OCH3 is 1. The standard InChI is InChI=1S/C9H9NO2S/c1-12-9(11)7-2-4-10-8-6(7)3-5-13-8/h2,4H,3,5H2,1H3. The molecule has 13 heavy (non-hydrogen) atoms. The fraction of sp³-hybridized carbons (Fsp3) is 0.333. The normalized spacial score (nSPS) is 13.9. The van der Waals surface area contributed by atoms with E-state index in [1.165, 1.54) is 7.11 Å². The molecular formula is C9H9NO2S. The van der Waals surface area contributed by atoms with Crippen LogP contribution in [0.3, 0.4) is 0 Å². The van der Waals surface area contributed by atoms with Gasteiger partial charge in [0.25, 0.3) is 0 Å². The molecule has 0 unspecified atom stereocenters. The molecule has 2 rings (SSSR count). The largest absolute Gasteiger partial charge is 0.465 e. The highest BCUT2D eigenvalue weighted by Crippen LogP contribution is 2.31. The SMILES string of the molecule is COC(=O)c1ccnc2c1CCS2. The van der Waals surface area contributed by atoms with Gasteiger partial charge in [-0.05, 0) is 18.1 Å². The van der Waals surface area contributed by atoms with E-state index in [0.717, 1.165) is 22.8 Å². The number of rotatable bonds is 1. The van der Waals surface area contributed by atoms with Crippen molar-refractivity contribution in [2.45, 2.75) is 11.4 Å². The number of ether oxygens (including phenoxy) is 1. The fourth-order valence-electron chi connectivity index (χ4n) is 1.39. The lowest BCUT2D eigenvalue weighted by molar-refractivity contribution is 0.0599. The number of nitrogens with zero attached hydrogens (tertiary/aromatic N) is 1. The van der Waals surface area contributed by atoms with Gasteiger partial charge in [-0.1, -0.05) is 0 Å². The highest BCUT2D eigenvalue weighted by atomic mass is 32.2. The first-order valence-corrected chi connectivity index (χ1v) is 5.00. The van der Waals surface area contributed by atoms with Crippen LogP contribution in [0.4, 0.5) is 0 Å². The summed E-state index contributed by atoms with van der Waals surface area (Å²) in [5, 5.41) is 0.975. The third-order valence-electron chi connectivity index (χ3n) is 2.01. The number of pyridine rings is 1. The second-order valence-electron chi connectivity index (χ2n) is 2.73. The molecule has 0 radical (unpaired) electrons. The van der Waals surface area contributed by atoms with E-state index < -0.39 is 0 Å². The van der Waals surface area contributed by atoms with Gasteiger partial charge in [-0.2, -0.15) is 0 Å². The topological polar surface area (TPSA) is 39.2 Å². The van der Waals surface area contributed by atoms with Crippen LogP contribution in [0, 0.1) is 0 Å².